The van der Waals surface area contributed by atoms with Gasteiger partial charge in [0.05, 0.1) is 18.5 Å². The highest BCUT2D eigenvalue weighted by atomic mass is 16.5. The van der Waals surface area contributed by atoms with Crippen molar-refractivity contribution < 1.29 is 9.84 Å². The number of ether oxygens (including phenoxy) is 1. The lowest BCUT2D eigenvalue weighted by molar-refractivity contribution is 0.201. The van der Waals surface area contributed by atoms with Crippen LogP contribution in [-0.4, -0.2) is 29.3 Å². The summed E-state index contributed by atoms with van der Waals surface area (Å²) in [4.78, 5) is 4.23. The van der Waals surface area contributed by atoms with Crippen molar-refractivity contribution in [2.45, 2.75) is 26.4 Å². The van der Waals surface area contributed by atoms with Crippen LogP contribution in [-0.2, 0) is 6.54 Å². The van der Waals surface area contributed by atoms with E-state index in [4.69, 9.17) is 9.84 Å². The Balaban J connectivity index is 2.41. The van der Waals surface area contributed by atoms with Crippen LogP contribution in [0.15, 0.2) is 18.3 Å². The summed E-state index contributed by atoms with van der Waals surface area (Å²) in [5, 5.41) is 11.9. The van der Waals surface area contributed by atoms with E-state index < -0.39 is 0 Å². The SMILES string of the molecule is CC(C)NCc1ccc(OCCO)cn1. The van der Waals surface area contributed by atoms with Crippen LogP contribution in [0.5, 0.6) is 5.75 Å². The molecule has 0 saturated carbocycles. The van der Waals surface area contributed by atoms with Crippen LogP contribution < -0.4 is 10.1 Å². The number of nitrogens with one attached hydrogen (secondary N) is 1. The summed E-state index contributed by atoms with van der Waals surface area (Å²) in [6.07, 6.45) is 1.67. The van der Waals surface area contributed by atoms with Gasteiger partial charge in [0.1, 0.15) is 12.4 Å². The van der Waals surface area contributed by atoms with E-state index in [0.717, 1.165) is 12.2 Å². The minimum Gasteiger partial charge on any atom is -0.490 e. The third kappa shape index (κ3) is 4.76. The Labute approximate surface area is 90.3 Å². The van der Waals surface area contributed by atoms with Gasteiger partial charge < -0.3 is 15.2 Å². The molecule has 2 N–H and O–H groups in total. The zero-order valence-electron chi connectivity index (χ0n) is 9.23. The quantitative estimate of drug-likeness (QED) is 0.734. The number of aromatic nitrogens is 1. The summed E-state index contributed by atoms with van der Waals surface area (Å²) in [6.45, 7) is 5.29. The topological polar surface area (TPSA) is 54.4 Å². The number of rotatable bonds is 6. The highest BCUT2D eigenvalue weighted by molar-refractivity contribution is 5.19. The van der Waals surface area contributed by atoms with Crippen LogP contribution in [0.4, 0.5) is 0 Å². The molecule has 0 unspecified atom stereocenters. The van der Waals surface area contributed by atoms with E-state index in [1.165, 1.54) is 0 Å². The highest BCUT2D eigenvalue weighted by Crippen LogP contribution is 2.08. The second-order valence-corrected chi connectivity index (χ2v) is 3.59. The number of pyridine rings is 1. The standard InChI is InChI=1S/C11H18N2O2/c1-9(2)12-7-10-3-4-11(8-13-10)15-6-5-14/h3-4,8-9,12,14H,5-7H2,1-2H3. The van der Waals surface area contributed by atoms with E-state index in [1.54, 1.807) is 6.20 Å². The molecule has 0 fully saturated rings. The van der Waals surface area contributed by atoms with E-state index >= 15 is 0 Å². The molecule has 0 aliphatic rings. The van der Waals surface area contributed by atoms with Crippen molar-refractivity contribution >= 4 is 0 Å². The van der Waals surface area contributed by atoms with Crippen molar-refractivity contribution in [3.05, 3.63) is 24.0 Å². The van der Waals surface area contributed by atoms with Crippen molar-refractivity contribution in [3.63, 3.8) is 0 Å². The fourth-order valence-corrected chi connectivity index (χ4v) is 1.07. The third-order valence-electron chi connectivity index (χ3n) is 1.85. The van der Waals surface area contributed by atoms with Crippen LogP contribution in [0, 0.1) is 0 Å². The molecule has 1 heterocycles. The lowest BCUT2D eigenvalue weighted by atomic mass is 10.3. The van der Waals surface area contributed by atoms with Crippen molar-refractivity contribution in [2.75, 3.05) is 13.2 Å². The van der Waals surface area contributed by atoms with Crippen LogP contribution in [0.3, 0.4) is 0 Å². The minimum atomic E-state index is 0.0245. The first-order chi connectivity index (χ1) is 7.22. The first kappa shape index (κ1) is 11.9. The molecule has 0 radical (unpaired) electrons. The Hall–Kier alpha value is -1.13. The van der Waals surface area contributed by atoms with Gasteiger partial charge >= 0.3 is 0 Å². The molecule has 1 aromatic rings. The second kappa shape index (κ2) is 6.37. The molecule has 4 heteroatoms. The molecule has 0 amide bonds. The smallest absolute Gasteiger partial charge is 0.137 e. The molecule has 84 valence electrons. The molecule has 4 nitrogen and oxygen atoms in total. The van der Waals surface area contributed by atoms with Gasteiger partial charge in [0.25, 0.3) is 0 Å². The first-order valence-corrected chi connectivity index (χ1v) is 5.14. The molecular formula is C11H18N2O2. The molecule has 0 aliphatic heterocycles. The Morgan fingerprint density at radius 2 is 2.27 bits per heavy atom. The van der Waals surface area contributed by atoms with E-state index in [0.29, 0.717) is 18.4 Å². The lowest BCUT2D eigenvalue weighted by Crippen LogP contribution is -2.22. The molecule has 15 heavy (non-hydrogen) atoms. The Morgan fingerprint density at radius 1 is 1.47 bits per heavy atom. The maximum atomic E-state index is 8.57. The monoisotopic (exact) mass is 210 g/mol. The van der Waals surface area contributed by atoms with Gasteiger partial charge in [0.15, 0.2) is 0 Å². The van der Waals surface area contributed by atoms with Crippen LogP contribution in [0.1, 0.15) is 19.5 Å². The third-order valence-corrected chi connectivity index (χ3v) is 1.85. The normalized spacial score (nSPS) is 10.7. The van der Waals surface area contributed by atoms with Gasteiger partial charge in [0, 0.05) is 12.6 Å². The molecule has 0 atom stereocenters. The number of aliphatic hydroxyl groups excluding tert-OH is 1. The molecule has 0 bridgehead atoms. The van der Waals surface area contributed by atoms with Crippen molar-refractivity contribution in [3.8, 4) is 5.75 Å². The fraction of sp³-hybridized carbons (Fsp3) is 0.545. The summed E-state index contributed by atoms with van der Waals surface area (Å²) in [7, 11) is 0. The predicted molar refractivity (Wildman–Crippen MR) is 58.8 cm³/mol. The van der Waals surface area contributed by atoms with Gasteiger partial charge in [-0.2, -0.15) is 0 Å². The first-order valence-electron chi connectivity index (χ1n) is 5.14. The number of aliphatic hydroxyl groups is 1. The molecule has 0 aliphatic carbocycles. The zero-order chi connectivity index (χ0) is 11.1. The van der Waals surface area contributed by atoms with E-state index in [9.17, 15) is 0 Å². The van der Waals surface area contributed by atoms with Crippen LogP contribution in [0.25, 0.3) is 0 Å². The largest absolute Gasteiger partial charge is 0.490 e. The van der Waals surface area contributed by atoms with Gasteiger partial charge in [-0.3, -0.25) is 4.98 Å². The molecule has 1 rings (SSSR count). The molecule has 0 spiro atoms. The van der Waals surface area contributed by atoms with Crippen LogP contribution in [0.2, 0.25) is 0 Å². The average molecular weight is 210 g/mol. The number of hydrogen-bond acceptors (Lipinski definition) is 4. The number of hydrogen-bond donors (Lipinski definition) is 2. The maximum Gasteiger partial charge on any atom is 0.137 e. The summed E-state index contributed by atoms with van der Waals surface area (Å²) in [5.41, 5.74) is 0.986. The maximum absolute atomic E-state index is 8.57. The summed E-state index contributed by atoms with van der Waals surface area (Å²) in [6, 6.07) is 4.24. The fourth-order valence-electron chi connectivity index (χ4n) is 1.07. The minimum absolute atomic E-state index is 0.0245. The Kier molecular flexibility index (Phi) is 5.07. The zero-order valence-corrected chi connectivity index (χ0v) is 9.23. The average Bonchev–Trinajstić information content (AvgIpc) is 2.25. The predicted octanol–water partition coefficient (Wildman–Crippen LogP) is 0.951. The van der Waals surface area contributed by atoms with Crippen molar-refractivity contribution in [2.24, 2.45) is 0 Å². The van der Waals surface area contributed by atoms with E-state index in [1.807, 2.05) is 12.1 Å². The summed E-state index contributed by atoms with van der Waals surface area (Å²) >= 11 is 0. The van der Waals surface area contributed by atoms with Crippen molar-refractivity contribution in [1.29, 1.82) is 0 Å². The number of nitrogens with zero attached hydrogens (tertiary/aromatic N) is 1. The molecule has 0 saturated heterocycles. The van der Waals surface area contributed by atoms with Gasteiger partial charge in [-0.15, -0.1) is 0 Å². The lowest BCUT2D eigenvalue weighted by Gasteiger charge is -2.08. The molecular weight excluding hydrogens is 192 g/mol. The molecule has 0 aromatic carbocycles. The Bertz CT molecular complexity index is 272. The summed E-state index contributed by atoms with van der Waals surface area (Å²) < 4.78 is 5.20. The van der Waals surface area contributed by atoms with Gasteiger partial charge in [-0.05, 0) is 12.1 Å². The van der Waals surface area contributed by atoms with Crippen LogP contribution >= 0.6 is 0 Å². The Morgan fingerprint density at radius 3 is 2.80 bits per heavy atom. The van der Waals surface area contributed by atoms with Gasteiger partial charge in [-0.25, -0.2) is 0 Å². The van der Waals surface area contributed by atoms with E-state index in [2.05, 4.69) is 24.1 Å². The summed E-state index contributed by atoms with van der Waals surface area (Å²) in [5.74, 6) is 0.692. The van der Waals surface area contributed by atoms with Crippen molar-refractivity contribution in [1.82, 2.24) is 10.3 Å². The molecule has 1 aromatic heterocycles. The van der Waals surface area contributed by atoms with Gasteiger partial charge in [0.2, 0.25) is 0 Å². The van der Waals surface area contributed by atoms with Gasteiger partial charge in [-0.1, -0.05) is 13.8 Å². The highest BCUT2D eigenvalue weighted by Gasteiger charge is 1.98. The van der Waals surface area contributed by atoms with E-state index in [-0.39, 0.29) is 6.61 Å². The second-order valence-electron chi connectivity index (χ2n) is 3.59.